The van der Waals surface area contributed by atoms with E-state index in [4.69, 9.17) is 9.16 Å². The minimum absolute atomic E-state index is 0.0462. The fourth-order valence-corrected chi connectivity index (χ4v) is 8.80. The summed E-state index contributed by atoms with van der Waals surface area (Å²) in [6, 6.07) is 31.2. The number of aliphatic hydroxyl groups is 1. The van der Waals surface area contributed by atoms with Gasteiger partial charge in [-0.1, -0.05) is 112 Å². The molecular formula is C30H36O3Si. The molecule has 0 unspecified atom stereocenters. The summed E-state index contributed by atoms with van der Waals surface area (Å²) in [6.45, 7) is 8.16. The predicted octanol–water partition coefficient (Wildman–Crippen LogP) is 4.92. The van der Waals surface area contributed by atoms with Crippen molar-refractivity contribution in [2.75, 3.05) is 13.2 Å². The second-order valence-electron chi connectivity index (χ2n) is 9.47. The molecule has 0 aromatic heterocycles. The van der Waals surface area contributed by atoms with Crippen LogP contribution < -0.4 is 10.4 Å². The molecule has 0 aliphatic rings. The average Bonchev–Trinajstić information content (AvgIpc) is 2.85. The Bertz CT molecular complexity index is 995. The summed E-state index contributed by atoms with van der Waals surface area (Å²) in [5.41, 5.74) is 1.10. The van der Waals surface area contributed by atoms with Gasteiger partial charge in [0.1, 0.15) is 0 Å². The Morgan fingerprint density at radius 1 is 0.794 bits per heavy atom. The lowest BCUT2D eigenvalue weighted by Gasteiger charge is -2.43. The van der Waals surface area contributed by atoms with Crippen molar-refractivity contribution in [2.45, 2.75) is 51.4 Å². The third-order valence-corrected chi connectivity index (χ3v) is 10.9. The van der Waals surface area contributed by atoms with E-state index in [-0.39, 0.29) is 11.6 Å². The average molecular weight is 473 g/mol. The lowest BCUT2D eigenvalue weighted by Crippen LogP contribution is -2.66. The van der Waals surface area contributed by atoms with Gasteiger partial charge in [-0.05, 0) is 21.0 Å². The van der Waals surface area contributed by atoms with Crippen molar-refractivity contribution < 1.29 is 14.3 Å². The van der Waals surface area contributed by atoms with Crippen LogP contribution in [0.4, 0.5) is 0 Å². The summed E-state index contributed by atoms with van der Waals surface area (Å²) < 4.78 is 12.4. The van der Waals surface area contributed by atoms with Gasteiger partial charge in [0.2, 0.25) is 0 Å². The molecule has 3 aromatic carbocycles. The third-order valence-electron chi connectivity index (χ3n) is 5.85. The van der Waals surface area contributed by atoms with Gasteiger partial charge in [-0.2, -0.15) is 0 Å². The minimum atomic E-state index is -2.52. The number of ether oxygens (including phenoxy) is 1. The lowest BCUT2D eigenvalue weighted by atomic mass is 10.2. The van der Waals surface area contributed by atoms with E-state index in [2.05, 4.69) is 93.3 Å². The van der Waals surface area contributed by atoms with Crippen LogP contribution in [0.2, 0.25) is 5.04 Å². The SMILES string of the molecule is CC(C)(C)[Si](OCCC#CC[C@@H](O)COCc1ccccc1)(c1ccccc1)c1ccccc1. The zero-order valence-corrected chi connectivity index (χ0v) is 21.5. The largest absolute Gasteiger partial charge is 0.406 e. The Hall–Kier alpha value is -2.68. The summed E-state index contributed by atoms with van der Waals surface area (Å²) in [5, 5.41) is 12.7. The van der Waals surface area contributed by atoms with Gasteiger partial charge in [-0.3, -0.25) is 0 Å². The van der Waals surface area contributed by atoms with Crippen molar-refractivity contribution in [3.63, 3.8) is 0 Å². The second-order valence-corrected chi connectivity index (χ2v) is 13.8. The fourth-order valence-electron chi connectivity index (χ4n) is 4.24. The van der Waals surface area contributed by atoms with Crippen molar-refractivity contribution in [2.24, 2.45) is 0 Å². The maximum atomic E-state index is 10.2. The molecule has 3 aromatic rings. The van der Waals surface area contributed by atoms with E-state index in [1.807, 2.05) is 30.3 Å². The first-order chi connectivity index (χ1) is 16.4. The summed E-state index contributed by atoms with van der Waals surface area (Å²) in [6.07, 6.45) is 0.435. The minimum Gasteiger partial charge on any atom is -0.406 e. The van der Waals surface area contributed by atoms with E-state index in [0.29, 0.717) is 26.1 Å². The first-order valence-corrected chi connectivity index (χ1v) is 13.8. The van der Waals surface area contributed by atoms with Gasteiger partial charge in [-0.15, -0.1) is 11.8 Å². The van der Waals surface area contributed by atoms with Gasteiger partial charge >= 0.3 is 0 Å². The van der Waals surface area contributed by atoms with Crippen LogP contribution in [0, 0.1) is 11.8 Å². The molecule has 3 nitrogen and oxygen atoms in total. The first kappa shape index (κ1) is 25.9. The maximum Gasteiger partial charge on any atom is 0.261 e. The zero-order chi connectivity index (χ0) is 24.3. The Morgan fingerprint density at radius 3 is 1.85 bits per heavy atom. The molecule has 0 heterocycles. The molecule has 34 heavy (non-hydrogen) atoms. The third kappa shape index (κ3) is 6.91. The number of rotatable bonds is 10. The Balaban J connectivity index is 1.58. The van der Waals surface area contributed by atoms with Crippen LogP contribution >= 0.6 is 0 Å². The van der Waals surface area contributed by atoms with Crippen molar-refractivity contribution in [3.05, 3.63) is 96.6 Å². The second kappa shape index (κ2) is 12.7. The molecule has 1 N–H and O–H groups in total. The molecule has 0 fully saturated rings. The highest BCUT2D eigenvalue weighted by Gasteiger charge is 2.49. The van der Waals surface area contributed by atoms with E-state index >= 15 is 0 Å². The van der Waals surface area contributed by atoms with Gasteiger partial charge in [0.15, 0.2) is 0 Å². The van der Waals surface area contributed by atoms with E-state index in [9.17, 15) is 5.11 Å². The zero-order valence-electron chi connectivity index (χ0n) is 20.5. The quantitative estimate of drug-likeness (QED) is 0.258. The summed E-state index contributed by atoms with van der Waals surface area (Å²) in [7, 11) is -2.52. The smallest absolute Gasteiger partial charge is 0.261 e. The monoisotopic (exact) mass is 472 g/mol. The van der Waals surface area contributed by atoms with Crippen LogP contribution in [-0.2, 0) is 15.8 Å². The summed E-state index contributed by atoms with van der Waals surface area (Å²) in [4.78, 5) is 0. The van der Waals surface area contributed by atoms with Gasteiger partial charge in [0.25, 0.3) is 8.32 Å². The molecule has 0 aliphatic carbocycles. The fraction of sp³-hybridized carbons (Fsp3) is 0.333. The van der Waals surface area contributed by atoms with Crippen LogP contribution in [-0.4, -0.2) is 32.7 Å². The summed E-state index contributed by atoms with van der Waals surface area (Å²) >= 11 is 0. The van der Waals surface area contributed by atoms with Crippen LogP contribution in [0.3, 0.4) is 0 Å². The van der Waals surface area contributed by atoms with Crippen molar-refractivity contribution >= 4 is 18.7 Å². The standard InChI is InChI=1S/C30H36O3Si/c1-30(2,3)34(28-19-11-5-12-20-28,29-21-13-6-14-22-29)33-23-15-7-10-18-27(31)25-32-24-26-16-8-4-9-17-26/h4-6,8-9,11-14,16-17,19-22,27,31H,15,18,23-25H2,1-3H3/t27-/m1/s1. The molecule has 0 radical (unpaired) electrons. The highest BCUT2D eigenvalue weighted by atomic mass is 28.4. The Morgan fingerprint density at radius 2 is 1.32 bits per heavy atom. The maximum absolute atomic E-state index is 10.2. The lowest BCUT2D eigenvalue weighted by molar-refractivity contribution is 0.0311. The Kier molecular flexibility index (Phi) is 9.68. The number of benzene rings is 3. The van der Waals surface area contributed by atoms with Gasteiger partial charge in [0.05, 0.1) is 19.3 Å². The molecule has 178 valence electrons. The van der Waals surface area contributed by atoms with E-state index in [1.165, 1.54) is 10.4 Å². The normalized spacial score (nSPS) is 12.6. The molecule has 0 saturated carbocycles. The van der Waals surface area contributed by atoms with Crippen molar-refractivity contribution in [1.29, 1.82) is 0 Å². The number of hydrogen-bond donors (Lipinski definition) is 1. The molecule has 3 rings (SSSR count). The molecular weight excluding hydrogens is 436 g/mol. The van der Waals surface area contributed by atoms with Crippen LogP contribution in [0.1, 0.15) is 39.2 Å². The number of hydrogen-bond acceptors (Lipinski definition) is 3. The first-order valence-electron chi connectivity index (χ1n) is 11.9. The van der Waals surface area contributed by atoms with Crippen LogP contribution in [0.15, 0.2) is 91.0 Å². The number of aliphatic hydroxyl groups excluding tert-OH is 1. The van der Waals surface area contributed by atoms with E-state index in [1.54, 1.807) is 0 Å². The molecule has 0 saturated heterocycles. The summed E-state index contributed by atoms with van der Waals surface area (Å²) in [5.74, 6) is 6.28. The molecule has 0 spiro atoms. The van der Waals surface area contributed by atoms with Gasteiger partial charge in [0, 0.05) is 19.4 Å². The molecule has 0 bridgehead atoms. The highest BCUT2D eigenvalue weighted by Crippen LogP contribution is 2.36. The molecule has 1 atom stereocenters. The molecule has 0 aliphatic heterocycles. The van der Waals surface area contributed by atoms with Crippen LogP contribution in [0.5, 0.6) is 0 Å². The predicted molar refractivity (Wildman–Crippen MR) is 143 cm³/mol. The van der Waals surface area contributed by atoms with Crippen molar-refractivity contribution in [3.8, 4) is 11.8 Å². The van der Waals surface area contributed by atoms with Crippen molar-refractivity contribution in [1.82, 2.24) is 0 Å². The highest BCUT2D eigenvalue weighted by molar-refractivity contribution is 6.99. The van der Waals surface area contributed by atoms with Gasteiger partial charge in [-0.25, -0.2) is 0 Å². The topological polar surface area (TPSA) is 38.7 Å². The Labute approximate surface area is 205 Å². The van der Waals surface area contributed by atoms with Crippen LogP contribution in [0.25, 0.3) is 0 Å². The molecule has 4 heteroatoms. The molecule has 0 amide bonds. The van der Waals surface area contributed by atoms with E-state index < -0.39 is 14.4 Å². The van der Waals surface area contributed by atoms with E-state index in [0.717, 1.165) is 5.56 Å². The van der Waals surface area contributed by atoms with Gasteiger partial charge < -0.3 is 14.3 Å².